The third-order valence-electron chi connectivity index (χ3n) is 9.33. The third kappa shape index (κ3) is 12.6. The Bertz CT molecular complexity index is 1150. The molecule has 2 fully saturated rings. The number of aliphatic hydroxyl groups excluding tert-OH is 1. The number of rotatable bonds is 19. The molecule has 12 nitrogen and oxygen atoms in total. The molecule has 14 heteroatoms. The molecule has 2 saturated carbocycles. The van der Waals surface area contributed by atoms with Crippen LogP contribution in [0.5, 0.6) is 0 Å². The minimum absolute atomic E-state index is 0.0160. The minimum Gasteiger partial charge on any atom is -0.390 e. The average Bonchev–Trinajstić information content (AvgIpc) is 2.99. The zero-order chi connectivity index (χ0) is 34.7. The highest BCUT2D eigenvalue weighted by Crippen LogP contribution is 2.36. The third-order valence-corrected chi connectivity index (χ3v) is 13.2. The number of nitrogens with one attached hydrogen (secondary N) is 2. The van der Waals surface area contributed by atoms with E-state index >= 15 is 0 Å². The van der Waals surface area contributed by atoms with Crippen LogP contribution in [0.3, 0.4) is 0 Å². The van der Waals surface area contributed by atoms with E-state index in [1.165, 1.54) is 23.4 Å². The van der Waals surface area contributed by atoms with Crippen molar-refractivity contribution in [2.45, 2.75) is 123 Å². The monoisotopic (exact) mass is 693 g/mol. The molecule has 2 amide bonds. The zero-order valence-corrected chi connectivity index (χ0v) is 31.0. The molecule has 0 radical (unpaired) electrons. The Kier molecular flexibility index (Phi) is 16.9. The maximum atomic E-state index is 14.0. The Labute approximate surface area is 279 Å². The molecule has 270 valence electrons. The first kappa shape index (κ1) is 40.9. The molecule has 0 bridgehead atoms. The fourth-order valence-electron chi connectivity index (χ4n) is 7.01. The van der Waals surface area contributed by atoms with Gasteiger partial charge in [-0.25, -0.2) is 26.1 Å². The lowest BCUT2D eigenvalue weighted by Gasteiger charge is -2.38. The van der Waals surface area contributed by atoms with E-state index < -0.39 is 49.3 Å². The van der Waals surface area contributed by atoms with Gasteiger partial charge in [-0.15, -0.1) is 4.83 Å². The SMILES string of the molecule is CCCN(CCC)C(=O)C1CC(C(=O)NC(CC2CCCCC2)C(O)CN(CC)NS(=O)(=O)CC(C)C)CC(S(=O)(=O)N(C)C)C1. The van der Waals surface area contributed by atoms with Crippen molar-refractivity contribution in [3.63, 3.8) is 0 Å². The van der Waals surface area contributed by atoms with Crippen molar-refractivity contribution in [1.29, 1.82) is 0 Å². The van der Waals surface area contributed by atoms with E-state index in [0.29, 0.717) is 32.0 Å². The van der Waals surface area contributed by atoms with Gasteiger partial charge in [0.05, 0.1) is 23.1 Å². The lowest BCUT2D eigenvalue weighted by molar-refractivity contribution is -0.138. The maximum absolute atomic E-state index is 14.0. The highest BCUT2D eigenvalue weighted by Gasteiger charge is 2.44. The molecule has 0 spiro atoms. The molecule has 2 rings (SSSR count). The van der Waals surface area contributed by atoms with Gasteiger partial charge in [0.2, 0.25) is 31.9 Å². The topological polar surface area (TPSA) is 156 Å². The molecule has 0 aliphatic heterocycles. The summed E-state index contributed by atoms with van der Waals surface area (Å²) in [7, 11) is -4.39. The summed E-state index contributed by atoms with van der Waals surface area (Å²) in [6, 6.07) is -0.657. The van der Waals surface area contributed by atoms with Crippen molar-refractivity contribution in [3.8, 4) is 0 Å². The van der Waals surface area contributed by atoms with Crippen LogP contribution >= 0.6 is 0 Å². The van der Waals surface area contributed by atoms with Crippen LogP contribution in [0.15, 0.2) is 0 Å². The van der Waals surface area contributed by atoms with E-state index in [-0.39, 0.29) is 49.3 Å². The van der Waals surface area contributed by atoms with Gasteiger partial charge in [0.1, 0.15) is 0 Å². The number of sulfonamides is 2. The smallest absolute Gasteiger partial charge is 0.225 e. The average molecular weight is 694 g/mol. The van der Waals surface area contributed by atoms with Gasteiger partial charge in [0, 0.05) is 52.1 Å². The van der Waals surface area contributed by atoms with Crippen LogP contribution in [-0.4, -0.2) is 111 Å². The van der Waals surface area contributed by atoms with Gasteiger partial charge >= 0.3 is 0 Å². The van der Waals surface area contributed by atoms with Gasteiger partial charge in [0.25, 0.3) is 0 Å². The molecule has 0 aromatic carbocycles. The molecule has 46 heavy (non-hydrogen) atoms. The number of hydrazine groups is 1. The second-order valence-electron chi connectivity index (χ2n) is 14.1. The number of likely N-dealkylation sites (N-methyl/N-ethyl adjacent to an activating group) is 1. The van der Waals surface area contributed by atoms with Crippen LogP contribution in [0.4, 0.5) is 0 Å². The van der Waals surface area contributed by atoms with Crippen LogP contribution in [0, 0.1) is 23.7 Å². The minimum atomic E-state index is -3.73. The first-order valence-corrected chi connectivity index (χ1v) is 20.6. The molecule has 0 saturated heterocycles. The number of carbonyl (C=O) groups is 2. The van der Waals surface area contributed by atoms with E-state index in [2.05, 4.69) is 10.1 Å². The van der Waals surface area contributed by atoms with Crippen molar-refractivity contribution in [3.05, 3.63) is 0 Å². The first-order chi connectivity index (χ1) is 21.5. The van der Waals surface area contributed by atoms with Gasteiger partial charge < -0.3 is 15.3 Å². The predicted molar refractivity (Wildman–Crippen MR) is 183 cm³/mol. The molecule has 0 aromatic heterocycles. The second-order valence-corrected chi connectivity index (χ2v) is 18.3. The molecule has 3 N–H and O–H groups in total. The number of carbonyl (C=O) groups excluding carboxylic acids is 2. The highest BCUT2D eigenvalue weighted by molar-refractivity contribution is 7.89. The number of aliphatic hydroxyl groups is 1. The van der Waals surface area contributed by atoms with Crippen LogP contribution < -0.4 is 10.1 Å². The Morgan fingerprint density at radius 1 is 0.891 bits per heavy atom. The van der Waals surface area contributed by atoms with E-state index in [0.717, 1.165) is 44.9 Å². The number of hydrogen-bond acceptors (Lipinski definition) is 8. The van der Waals surface area contributed by atoms with E-state index in [9.17, 15) is 31.5 Å². The molecule has 0 heterocycles. The van der Waals surface area contributed by atoms with Gasteiger partial charge in [-0.05, 0) is 50.4 Å². The molecular weight excluding hydrogens is 631 g/mol. The fourth-order valence-corrected chi connectivity index (χ4v) is 10.1. The van der Waals surface area contributed by atoms with Gasteiger partial charge in [-0.2, -0.15) is 0 Å². The second kappa shape index (κ2) is 19.0. The van der Waals surface area contributed by atoms with Gasteiger partial charge in [-0.3, -0.25) is 9.59 Å². The molecule has 2 aliphatic carbocycles. The predicted octanol–water partition coefficient (Wildman–Crippen LogP) is 2.94. The summed E-state index contributed by atoms with van der Waals surface area (Å²) in [5.74, 6) is -1.60. The maximum Gasteiger partial charge on any atom is 0.225 e. The van der Waals surface area contributed by atoms with Crippen LogP contribution in [0.1, 0.15) is 105 Å². The summed E-state index contributed by atoms with van der Waals surface area (Å²) in [5.41, 5.74) is 0. The highest BCUT2D eigenvalue weighted by atomic mass is 32.2. The summed E-state index contributed by atoms with van der Waals surface area (Å²) >= 11 is 0. The van der Waals surface area contributed by atoms with Crippen molar-refractivity contribution >= 4 is 31.9 Å². The van der Waals surface area contributed by atoms with E-state index in [4.69, 9.17) is 0 Å². The molecule has 0 aromatic rings. The standard InChI is InChI=1S/C32H63N5O7S2/c1-8-16-36(17-9-2)32(40)27-19-26(20-28(21-27)46(43,44)35(6)7)31(39)33-29(18-25-14-12-11-13-15-25)30(38)22-37(10-3)34-45(41,42)23-24(4)5/h24-30,34,38H,8-23H2,1-7H3,(H,33,39). The van der Waals surface area contributed by atoms with E-state index in [1.807, 2.05) is 27.7 Å². The number of nitrogens with zero attached hydrogens (tertiary/aromatic N) is 3. The summed E-state index contributed by atoms with van der Waals surface area (Å²) in [5, 5.41) is 15.2. The van der Waals surface area contributed by atoms with Crippen LogP contribution in [0.2, 0.25) is 0 Å². The molecule has 5 atom stereocenters. The Hall–Kier alpha value is -1.32. The van der Waals surface area contributed by atoms with E-state index in [1.54, 1.807) is 11.8 Å². The van der Waals surface area contributed by atoms with Crippen molar-refractivity contribution in [2.24, 2.45) is 23.7 Å². The summed E-state index contributed by atoms with van der Waals surface area (Å²) in [4.78, 5) is 32.1. The summed E-state index contributed by atoms with van der Waals surface area (Å²) in [6.45, 7) is 10.9. The van der Waals surface area contributed by atoms with Crippen LogP contribution in [-0.2, 0) is 29.6 Å². The summed E-state index contributed by atoms with van der Waals surface area (Å²) < 4.78 is 53.2. The Morgan fingerprint density at radius 2 is 1.48 bits per heavy atom. The normalized spacial score (nSPS) is 23.1. The molecule has 5 unspecified atom stereocenters. The number of amides is 2. The fraction of sp³-hybridized carbons (Fsp3) is 0.938. The molecular formula is C32H63N5O7S2. The molecule has 2 aliphatic rings. The van der Waals surface area contributed by atoms with Crippen LogP contribution in [0.25, 0.3) is 0 Å². The largest absolute Gasteiger partial charge is 0.390 e. The first-order valence-electron chi connectivity index (χ1n) is 17.5. The summed E-state index contributed by atoms with van der Waals surface area (Å²) in [6.07, 6.45) is 6.86. The van der Waals surface area contributed by atoms with Crippen molar-refractivity contribution < 1.29 is 31.5 Å². The lowest BCUT2D eigenvalue weighted by atomic mass is 9.79. The van der Waals surface area contributed by atoms with Crippen molar-refractivity contribution in [1.82, 2.24) is 24.4 Å². The van der Waals surface area contributed by atoms with Crippen molar-refractivity contribution in [2.75, 3.05) is 46.0 Å². The number of hydrogen-bond donors (Lipinski definition) is 3. The Morgan fingerprint density at radius 3 is 2.00 bits per heavy atom. The zero-order valence-electron chi connectivity index (χ0n) is 29.4. The van der Waals surface area contributed by atoms with Gasteiger partial charge in [-0.1, -0.05) is 66.7 Å². The van der Waals surface area contributed by atoms with Gasteiger partial charge in [0.15, 0.2) is 0 Å². The Balaban J connectivity index is 2.33. The quantitative estimate of drug-likeness (QED) is 0.175. The lowest BCUT2D eigenvalue weighted by Crippen LogP contribution is -2.55.